The molecule has 1 atom stereocenters. The Bertz CT molecular complexity index is 520. The minimum Gasteiger partial charge on any atom is -0.378 e. The number of benzene rings is 1. The van der Waals surface area contributed by atoms with Crippen molar-refractivity contribution in [3.63, 3.8) is 0 Å². The molecule has 108 valence electrons. The van der Waals surface area contributed by atoms with Crippen molar-refractivity contribution in [2.45, 2.75) is 11.7 Å². The predicted molar refractivity (Wildman–Crippen MR) is 79.2 cm³/mol. The summed E-state index contributed by atoms with van der Waals surface area (Å²) in [7, 11) is 0. The van der Waals surface area contributed by atoms with Crippen LogP contribution in [0.3, 0.4) is 0 Å². The average Bonchev–Trinajstić information content (AvgIpc) is 2.78. The first-order valence-electron chi connectivity index (χ1n) is 6.76. The van der Waals surface area contributed by atoms with Crippen LogP contribution in [0.1, 0.15) is 6.42 Å². The highest BCUT2D eigenvalue weighted by Gasteiger charge is 2.29. The minimum absolute atomic E-state index is 0.00326. The summed E-state index contributed by atoms with van der Waals surface area (Å²) in [4.78, 5) is 15.4. The smallest absolute Gasteiger partial charge is 0.228 e. The van der Waals surface area contributed by atoms with Crippen LogP contribution < -0.4 is 9.80 Å². The molecule has 4 nitrogen and oxygen atoms in total. The maximum atomic E-state index is 14.3. The van der Waals surface area contributed by atoms with Crippen LogP contribution in [0.5, 0.6) is 0 Å². The summed E-state index contributed by atoms with van der Waals surface area (Å²) in [5.74, 6) is -0.289. The largest absolute Gasteiger partial charge is 0.378 e. The molecular formula is C14H17FN2O2S. The van der Waals surface area contributed by atoms with Crippen LogP contribution >= 0.6 is 12.6 Å². The third-order valence-electron chi connectivity index (χ3n) is 3.70. The standard InChI is InChI=1S/C14H17FN2O2S/c15-12-7-10(17-9-11(20)8-14(17)18)1-2-13(12)16-3-5-19-6-4-16/h1-2,7,11,20H,3-6,8-9H2/t11-/m0/s1. The van der Waals surface area contributed by atoms with E-state index in [1.54, 1.807) is 17.0 Å². The van der Waals surface area contributed by atoms with Crippen molar-refractivity contribution in [2.24, 2.45) is 0 Å². The van der Waals surface area contributed by atoms with Gasteiger partial charge >= 0.3 is 0 Å². The number of ether oxygens (including phenoxy) is 1. The van der Waals surface area contributed by atoms with E-state index in [1.807, 2.05) is 4.90 Å². The summed E-state index contributed by atoms with van der Waals surface area (Å²) in [6, 6.07) is 4.99. The van der Waals surface area contributed by atoms with Crippen molar-refractivity contribution >= 4 is 29.9 Å². The molecule has 0 saturated carbocycles. The van der Waals surface area contributed by atoms with Gasteiger partial charge in [-0.3, -0.25) is 4.79 Å². The Labute approximate surface area is 122 Å². The molecule has 1 aromatic rings. The second-order valence-corrected chi connectivity index (χ2v) is 5.83. The Hall–Kier alpha value is -1.27. The van der Waals surface area contributed by atoms with E-state index in [2.05, 4.69) is 12.6 Å². The third-order valence-corrected chi connectivity index (χ3v) is 4.05. The number of amides is 1. The molecular weight excluding hydrogens is 279 g/mol. The van der Waals surface area contributed by atoms with Crippen LogP contribution in [-0.4, -0.2) is 44.0 Å². The molecule has 2 fully saturated rings. The molecule has 1 amide bonds. The van der Waals surface area contributed by atoms with Crippen LogP contribution in [0, 0.1) is 5.82 Å². The van der Waals surface area contributed by atoms with Gasteiger partial charge in [0, 0.05) is 37.0 Å². The van der Waals surface area contributed by atoms with Gasteiger partial charge in [0.1, 0.15) is 5.82 Å². The van der Waals surface area contributed by atoms with Crippen molar-refractivity contribution in [3.05, 3.63) is 24.0 Å². The number of rotatable bonds is 2. The molecule has 1 aromatic carbocycles. The fourth-order valence-electron chi connectivity index (χ4n) is 2.66. The number of halogens is 1. The van der Waals surface area contributed by atoms with Gasteiger partial charge in [-0.2, -0.15) is 12.6 Å². The number of nitrogens with zero attached hydrogens (tertiary/aromatic N) is 2. The zero-order chi connectivity index (χ0) is 14.1. The van der Waals surface area contributed by atoms with Crippen LogP contribution in [0.15, 0.2) is 18.2 Å². The Morgan fingerprint density at radius 3 is 2.65 bits per heavy atom. The van der Waals surface area contributed by atoms with Crippen molar-refractivity contribution in [3.8, 4) is 0 Å². The SMILES string of the molecule is O=C1C[C@H](S)CN1c1ccc(N2CCOCC2)c(F)c1. The molecule has 0 spiro atoms. The Kier molecular flexibility index (Phi) is 3.85. The number of carbonyl (C=O) groups is 1. The number of anilines is 2. The van der Waals surface area contributed by atoms with E-state index >= 15 is 0 Å². The highest BCUT2D eigenvalue weighted by atomic mass is 32.1. The van der Waals surface area contributed by atoms with Gasteiger partial charge in [-0.1, -0.05) is 0 Å². The Morgan fingerprint density at radius 1 is 1.30 bits per heavy atom. The summed E-state index contributed by atoms with van der Waals surface area (Å²) >= 11 is 4.31. The van der Waals surface area contributed by atoms with E-state index in [0.717, 1.165) is 0 Å². The van der Waals surface area contributed by atoms with Crippen molar-refractivity contribution < 1.29 is 13.9 Å². The molecule has 0 radical (unpaired) electrons. The number of carbonyl (C=O) groups excluding carboxylic acids is 1. The first-order chi connectivity index (χ1) is 9.65. The maximum absolute atomic E-state index is 14.3. The number of morpholine rings is 1. The van der Waals surface area contributed by atoms with Gasteiger partial charge in [-0.25, -0.2) is 4.39 Å². The predicted octanol–water partition coefficient (Wildman–Crippen LogP) is 1.70. The van der Waals surface area contributed by atoms with Crippen LogP contribution in [-0.2, 0) is 9.53 Å². The summed E-state index contributed by atoms with van der Waals surface area (Å²) in [5, 5.41) is 0.0319. The Balaban J connectivity index is 1.82. The highest BCUT2D eigenvalue weighted by molar-refractivity contribution is 7.81. The van der Waals surface area contributed by atoms with E-state index in [9.17, 15) is 9.18 Å². The lowest BCUT2D eigenvalue weighted by Crippen LogP contribution is -2.36. The first kappa shape index (κ1) is 13.7. The van der Waals surface area contributed by atoms with Gasteiger partial charge in [-0.15, -0.1) is 0 Å². The zero-order valence-corrected chi connectivity index (χ0v) is 12.0. The second-order valence-electron chi connectivity index (χ2n) is 5.10. The molecule has 3 rings (SSSR count). The molecule has 6 heteroatoms. The summed E-state index contributed by atoms with van der Waals surface area (Å²) in [5.41, 5.74) is 1.19. The molecule has 0 unspecified atom stereocenters. The number of thiol groups is 1. The van der Waals surface area contributed by atoms with Crippen LogP contribution in [0.4, 0.5) is 15.8 Å². The van der Waals surface area contributed by atoms with Gasteiger partial charge in [0.15, 0.2) is 0 Å². The quantitative estimate of drug-likeness (QED) is 0.843. The van der Waals surface area contributed by atoms with Crippen molar-refractivity contribution in [1.29, 1.82) is 0 Å². The van der Waals surface area contributed by atoms with Gasteiger partial charge in [0.2, 0.25) is 5.91 Å². The van der Waals surface area contributed by atoms with Crippen LogP contribution in [0.25, 0.3) is 0 Å². The van der Waals surface area contributed by atoms with E-state index in [0.29, 0.717) is 50.6 Å². The average molecular weight is 296 g/mol. The minimum atomic E-state index is -0.292. The first-order valence-corrected chi connectivity index (χ1v) is 7.27. The summed E-state index contributed by atoms with van der Waals surface area (Å²) in [6.45, 7) is 3.16. The van der Waals surface area contributed by atoms with Crippen molar-refractivity contribution in [2.75, 3.05) is 42.6 Å². The molecule has 0 aromatic heterocycles. The molecule has 2 aliphatic rings. The molecule has 2 heterocycles. The molecule has 2 aliphatic heterocycles. The number of hydrogen-bond donors (Lipinski definition) is 1. The van der Waals surface area contributed by atoms with Crippen molar-refractivity contribution in [1.82, 2.24) is 0 Å². The molecule has 0 N–H and O–H groups in total. The molecule has 0 aliphatic carbocycles. The van der Waals surface area contributed by atoms with Gasteiger partial charge in [0.05, 0.1) is 18.9 Å². The lowest BCUT2D eigenvalue weighted by Gasteiger charge is -2.29. The third kappa shape index (κ3) is 2.62. The van der Waals surface area contributed by atoms with E-state index in [4.69, 9.17) is 4.74 Å². The highest BCUT2D eigenvalue weighted by Crippen LogP contribution is 2.29. The molecule has 0 bridgehead atoms. The topological polar surface area (TPSA) is 32.8 Å². The van der Waals surface area contributed by atoms with Gasteiger partial charge in [0.25, 0.3) is 0 Å². The van der Waals surface area contributed by atoms with Gasteiger partial charge < -0.3 is 14.5 Å². The summed E-state index contributed by atoms with van der Waals surface area (Å²) in [6.07, 6.45) is 0.413. The lowest BCUT2D eigenvalue weighted by molar-refractivity contribution is -0.117. The zero-order valence-electron chi connectivity index (χ0n) is 11.1. The van der Waals surface area contributed by atoms with E-state index < -0.39 is 0 Å². The Morgan fingerprint density at radius 2 is 2.05 bits per heavy atom. The lowest BCUT2D eigenvalue weighted by atomic mass is 10.2. The fourth-order valence-corrected chi connectivity index (χ4v) is 2.98. The normalized spacial score (nSPS) is 23.5. The number of hydrogen-bond acceptors (Lipinski definition) is 4. The van der Waals surface area contributed by atoms with E-state index in [1.165, 1.54) is 6.07 Å². The monoisotopic (exact) mass is 296 g/mol. The summed E-state index contributed by atoms with van der Waals surface area (Å²) < 4.78 is 19.5. The molecule has 2 saturated heterocycles. The second kappa shape index (κ2) is 5.61. The molecule has 20 heavy (non-hydrogen) atoms. The maximum Gasteiger partial charge on any atom is 0.228 e. The van der Waals surface area contributed by atoms with E-state index in [-0.39, 0.29) is 17.0 Å². The van der Waals surface area contributed by atoms with Gasteiger partial charge in [-0.05, 0) is 18.2 Å². The fraction of sp³-hybridized carbons (Fsp3) is 0.500. The van der Waals surface area contributed by atoms with Crippen LogP contribution in [0.2, 0.25) is 0 Å².